The van der Waals surface area contributed by atoms with Gasteiger partial charge in [0.15, 0.2) is 0 Å². The van der Waals surface area contributed by atoms with Gasteiger partial charge in [-0.05, 0) is 12.8 Å². The van der Waals surface area contributed by atoms with Crippen molar-refractivity contribution in [2.75, 3.05) is 0 Å². The molecule has 0 unspecified atom stereocenters. The molecule has 0 saturated carbocycles. The van der Waals surface area contributed by atoms with Gasteiger partial charge in [-0.3, -0.25) is 0 Å². The average molecular weight is 166 g/mol. The van der Waals surface area contributed by atoms with Gasteiger partial charge in [0.25, 0.3) is 0 Å². The van der Waals surface area contributed by atoms with Crippen molar-refractivity contribution >= 4 is 8.07 Å². The largest absolute Gasteiger partial charge is 0.0805 e. The van der Waals surface area contributed by atoms with E-state index in [1.807, 2.05) is 0 Å². The van der Waals surface area contributed by atoms with E-state index < -0.39 is 8.07 Å². The van der Waals surface area contributed by atoms with Crippen LogP contribution in [0.2, 0.25) is 25.7 Å². The van der Waals surface area contributed by atoms with Crippen LogP contribution in [-0.2, 0) is 0 Å². The normalized spacial score (nSPS) is 17.2. The average Bonchev–Trinajstić information content (AvgIpc) is 2.32. The van der Waals surface area contributed by atoms with Crippen molar-refractivity contribution in [1.82, 2.24) is 0 Å². The minimum Gasteiger partial charge on any atom is -0.0805 e. The van der Waals surface area contributed by atoms with E-state index in [1.54, 1.807) is 5.57 Å². The number of hydrogen-bond donors (Lipinski definition) is 0. The predicted octanol–water partition coefficient (Wildman–Crippen LogP) is 3.60. The summed E-state index contributed by atoms with van der Waals surface area (Å²) in [5.74, 6) is 0. The number of rotatable bonds is 3. The van der Waals surface area contributed by atoms with Crippen LogP contribution >= 0.6 is 0 Å². The van der Waals surface area contributed by atoms with Crippen LogP contribution in [0, 0.1) is 0 Å². The van der Waals surface area contributed by atoms with Crippen molar-refractivity contribution in [1.29, 1.82) is 0 Å². The fourth-order valence-corrected chi connectivity index (χ4v) is 2.28. The summed E-state index contributed by atoms with van der Waals surface area (Å²) in [5.41, 5.74) is 1.63. The monoisotopic (exact) mass is 166 g/mol. The maximum atomic E-state index is 2.44. The summed E-state index contributed by atoms with van der Waals surface area (Å²) in [6.45, 7) is 7.32. The number of allylic oxidation sites excluding steroid dienone is 4. The summed E-state index contributed by atoms with van der Waals surface area (Å²) in [4.78, 5) is 0. The van der Waals surface area contributed by atoms with Gasteiger partial charge < -0.3 is 0 Å². The lowest BCUT2D eigenvalue weighted by atomic mass is 10.2. The Kier molecular flexibility index (Phi) is 2.71. The van der Waals surface area contributed by atoms with Gasteiger partial charge in [0.1, 0.15) is 0 Å². The summed E-state index contributed by atoms with van der Waals surface area (Å²) >= 11 is 0. The third kappa shape index (κ3) is 3.56. The first kappa shape index (κ1) is 8.79. The summed E-state index contributed by atoms with van der Waals surface area (Å²) in [6, 6.07) is 1.44. The Balaban J connectivity index is 2.23. The van der Waals surface area contributed by atoms with Crippen molar-refractivity contribution in [2.24, 2.45) is 0 Å². The molecule has 0 aromatic heterocycles. The fourth-order valence-electron chi connectivity index (χ4n) is 1.21. The van der Waals surface area contributed by atoms with E-state index >= 15 is 0 Å². The Morgan fingerprint density at radius 3 is 2.55 bits per heavy atom. The third-order valence-electron chi connectivity index (χ3n) is 2.04. The van der Waals surface area contributed by atoms with Crippen LogP contribution in [0.25, 0.3) is 0 Å². The van der Waals surface area contributed by atoms with Crippen LogP contribution in [0.4, 0.5) is 0 Å². The molecule has 0 saturated heterocycles. The van der Waals surface area contributed by atoms with Gasteiger partial charge >= 0.3 is 0 Å². The third-order valence-corrected chi connectivity index (χ3v) is 3.79. The van der Waals surface area contributed by atoms with Crippen LogP contribution in [0.3, 0.4) is 0 Å². The van der Waals surface area contributed by atoms with E-state index in [4.69, 9.17) is 0 Å². The first-order valence-electron chi connectivity index (χ1n) is 4.42. The lowest BCUT2D eigenvalue weighted by molar-refractivity contribution is 1.02. The molecule has 0 atom stereocenters. The molecule has 0 aromatic rings. The first-order chi connectivity index (χ1) is 5.08. The smallest absolute Gasteiger partial charge is 0.0445 e. The summed E-state index contributed by atoms with van der Waals surface area (Å²) in [7, 11) is -0.793. The highest BCUT2D eigenvalue weighted by atomic mass is 28.3. The number of hydrogen-bond acceptors (Lipinski definition) is 0. The van der Waals surface area contributed by atoms with Gasteiger partial charge in [0.2, 0.25) is 0 Å². The van der Waals surface area contributed by atoms with E-state index in [1.165, 1.54) is 18.9 Å². The zero-order valence-electron chi connectivity index (χ0n) is 7.85. The van der Waals surface area contributed by atoms with E-state index in [2.05, 4.69) is 37.9 Å². The molecule has 0 nitrogen and oxygen atoms in total. The molecule has 1 heteroatoms. The van der Waals surface area contributed by atoms with Gasteiger partial charge in [0.05, 0.1) is 0 Å². The zero-order valence-corrected chi connectivity index (χ0v) is 8.85. The maximum Gasteiger partial charge on any atom is 0.0445 e. The molecule has 1 rings (SSSR count). The minimum atomic E-state index is -0.793. The molecule has 0 radical (unpaired) electrons. The van der Waals surface area contributed by atoms with E-state index in [-0.39, 0.29) is 0 Å². The second-order valence-electron chi connectivity index (χ2n) is 4.52. The summed E-state index contributed by atoms with van der Waals surface area (Å²) < 4.78 is 0. The van der Waals surface area contributed by atoms with Crippen molar-refractivity contribution in [3.63, 3.8) is 0 Å². The second-order valence-corrected chi connectivity index (χ2v) is 10.1. The van der Waals surface area contributed by atoms with Crippen molar-refractivity contribution in [2.45, 2.75) is 38.5 Å². The maximum absolute atomic E-state index is 2.44. The molecular formula is C10H18Si. The lowest BCUT2D eigenvalue weighted by Gasteiger charge is -2.15. The van der Waals surface area contributed by atoms with Crippen LogP contribution in [0.5, 0.6) is 0 Å². The Morgan fingerprint density at radius 1 is 1.36 bits per heavy atom. The van der Waals surface area contributed by atoms with Crippen molar-refractivity contribution < 1.29 is 0 Å². The molecule has 0 N–H and O–H groups in total. The molecular weight excluding hydrogens is 148 g/mol. The van der Waals surface area contributed by atoms with Crippen LogP contribution in [0.1, 0.15) is 12.8 Å². The fraction of sp³-hybridized carbons (Fsp3) is 0.600. The Bertz CT molecular complexity index is 182. The molecule has 11 heavy (non-hydrogen) atoms. The molecule has 1 aliphatic carbocycles. The van der Waals surface area contributed by atoms with Gasteiger partial charge in [-0.25, -0.2) is 0 Å². The van der Waals surface area contributed by atoms with Gasteiger partial charge in [-0.1, -0.05) is 49.5 Å². The van der Waals surface area contributed by atoms with Gasteiger partial charge in [0, 0.05) is 8.07 Å². The molecule has 0 aromatic carbocycles. The minimum absolute atomic E-state index is 0.793. The Labute approximate surface area is 71.0 Å². The second kappa shape index (κ2) is 3.40. The first-order valence-corrected chi connectivity index (χ1v) is 8.13. The Hall–Kier alpha value is -0.303. The SMILES string of the molecule is C[Si](C)(C)CCC1=CC=CC1. The summed E-state index contributed by atoms with van der Waals surface area (Å²) in [6.07, 6.45) is 9.26. The molecule has 0 spiro atoms. The molecule has 0 fully saturated rings. The van der Waals surface area contributed by atoms with Crippen LogP contribution in [0.15, 0.2) is 23.8 Å². The standard InChI is InChI=1S/C10H18Si/c1-11(2,3)9-8-10-6-4-5-7-10/h4-6H,7-9H2,1-3H3. The molecule has 1 aliphatic rings. The van der Waals surface area contributed by atoms with E-state index in [0.29, 0.717) is 0 Å². The highest BCUT2D eigenvalue weighted by Gasteiger charge is 2.13. The zero-order chi connectivity index (χ0) is 8.32. The highest BCUT2D eigenvalue weighted by Crippen LogP contribution is 2.21. The van der Waals surface area contributed by atoms with Crippen LogP contribution < -0.4 is 0 Å². The molecule has 0 heterocycles. The Morgan fingerprint density at radius 2 is 2.09 bits per heavy atom. The molecule has 0 bridgehead atoms. The topological polar surface area (TPSA) is 0 Å². The van der Waals surface area contributed by atoms with E-state index in [0.717, 1.165) is 0 Å². The lowest BCUT2D eigenvalue weighted by Crippen LogP contribution is -2.18. The van der Waals surface area contributed by atoms with Crippen molar-refractivity contribution in [3.8, 4) is 0 Å². The van der Waals surface area contributed by atoms with E-state index in [9.17, 15) is 0 Å². The molecule has 62 valence electrons. The summed E-state index contributed by atoms with van der Waals surface area (Å²) in [5, 5.41) is 0. The predicted molar refractivity (Wildman–Crippen MR) is 54.6 cm³/mol. The highest BCUT2D eigenvalue weighted by molar-refractivity contribution is 6.76. The van der Waals surface area contributed by atoms with Gasteiger partial charge in [-0.2, -0.15) is 0 Å². The molecule has 0 aliphatic heterocycles. The quantitative estimate of drug-likeness (QED) is 0.562. The molecule has 0 amide bonds. The van der Waals surface area contributed by atoms with Gasteiger partial charge in [-0.15, -0.1) is 0 Å². The van der Waals surface area contributed by atoms with Crippen molar-refractivity contribution in [3.05, 3.63) is 23.8 Å². The van der Waals surface area contributed by atoms with Crippen LogP contribution in [-0.4, -0.2) is 8.07 Å².